The van der Waals surface area contributed by atoms with Crippen molar-refractivity contribution in [3.8, 4) is 5.75 Å². The SMILES string of the molecule is COc1ccc(C(=O)c2cn(C(C)C)c3ncnc(N)c23)cc1N(C(N)=O)c1ccccc1. The Balaban J connectivity index is 1.88. The van der Waals surface area contributed by atoms with Crippen molar-refractivity contribution in [1.29, 1.82) is 0 Å². The average Bonchev–Trinajstić information content (AvgIpc) is 3.20. The van der Waals surface area contributed by atoms with Gasteiger partial charge in [0.1, 0.15) is 23.5 Å². The highest BCUT2D eigenvalue weighted by atomic mass is 16.5. The fourth-order valence-corrected chi connectivity index (χ4v) is 3.80. The number of fused-ring (bicyclic) bond motifs is 1. The van der Waals surface area contributed by atoms with E-state index in [1.54, 1.807) is 48.7 Å². The molecule has 0 fully saturated rings. The lowest BCUT2D eigenvalue weighted by molar-refractivity contribution is 0.104. The zero-order valence-corrected chi connectivity index (χ0v) is 18.5. The molecular weight excluding hydrogens is 420 g/mol. The number of carbonyl (C=O) groups excluding carboxylic acids is 2. The Morgan fingerprint density at radius 1 is 1.09 bits per heavy atom. The smallest absolute Gasteiger partial charge is 0.324 e. The molecule has 0 aliphatic carbocycles. The van der Waals surface area contributed by atoms with Gasteiger partial charge in [-0.3, -0.25) is 9.69 Å². The van der Waals surface area contributed by atoms with Crippen molar-refractivity contribution in [3.05, 3.63) is 72.2 Å². The molecule has 2 aromatic carbocycles. The molecule has 33 heavy (non-hydrogen) atoms. The number of aromatic nitrogens is 3. The number of anilines is 3. The second kappa shape index (κ2) is 8.62. The zero-order valence-electron chi connectivity index (χ0n) is 18.5. The first-order chi connectivity index (χ1) is 15.8. The summed E-state index contributed by atoms with van der Waals surface area (Å²) < 4.78 is 7.34. The molecule has 0 saturated carbocycles. The van der Waals surface area contributed by atoms with Crippen LogP contribution in [0.2, 0.25) is 0 Å². The molecule has 0 aliphatic heterocycles. The second-order valence-corrected chi connectivity index (χ2v) is 7.73. The standard InChI is InChI=1S/C24H24N6O3/c1-14(2)29-12-17(20-22(25)27-13-28-23(20)29)21(31)15-9-10-19(33-3)18(11-15)30(24(26)32)16-7-5-4-6-8-16/h4-14H,1-3H3,(H2,26,32)(H2,25,27,28). The maximum atomic E-state index is 13.6. The molecular formula is C24H24N6O3. The number of urea groups is 1. The quantitative estimate of drug-likeness (QED) is 0.432. The highest BCUT2D eigenvalue weighted by Crippen LogP contribution is 2.36. The Labute approximate surface area is 190 Å². The van der Waals surface area contributed by atoms with E-state index in [9.17, 15) is 9.59 Å². The highest BCUT2D eigenvalue weighted by molar-refractivity contribution is 6.18. The van der Waals surface area contributed by atoms with Crippen LogP contribution in [0, 0.1) is 0 Å². The fraction of sp³-hybridized carbons (Fsp3) is 0.167. The molecule has 9 heteroatoms. The predicted molar refractivity (Wildman–Crippen MR) is 127 cm³/mol. The van der Waals surface area contributed by atoms with Crippen molar-refractivity contribution in [3.63, 3.8) is 0 Å². The first-order valence-corrected chi connectivity index (χ1v) is 10.3. The number of nitrogens with two attached hydrogens (primary N) is 2. The van der Waals surface area contributed by atoms with Crippen LogP contribution in [0.15, 0.2) is 61.1 Å². The summed E-state index contributed by atoms with van der Waals surface area (Å²) in [5.41, 5.74) is 14.0. The summed E-state index contributed by atoms with van der Waals surface area (Å²) in [6.45, 7) is 3.98. The van der Waals surface area contributed by atoms with Crippen LogP contribution in [0.25, 0.3) is 11.0 Å². The number of rotatable bonds is 6. The normalized spacial score (nSPS) is 11.0. The van der Waals surface area contributed by atoms with Crippen LogP contribution in [0.4, 0.5) is 22.0 Å². The van der Waals surface area contributed by atoms with Crippen LogP contribution < -0.4 is 21.1 Å². The Hall–Kier alpha value is -4.40. The molecule has 4 rings (SSSR count). The van der Waals surface area contributed by atoms with E-state index in [0.717, 1.165) is 0 Å². The number of primary amides is 1. The van der Waals surface area contributed by atoms with Crippen molar-refractivity contribution < 1.29 is 14.3 Å². The number of hydrogen-bond donors (Lipinski definition) is 2. The van der Waals surface area contributed by atoms with Gasteiger partial charge in [0.15, 0.2) is 5.78 Å². The molecule has 2 amide bonds. The molecule has 0 aliphatic rings. The molecule has 0 atom stereocenters. The van der Waals surface area contributed by atoms with Crippen molar-refractivity contribution >= 4 is 40.0 Å². The van der Waals surface area contributed by atoms with E-state index < -0.39 is 6.03 Å². The Morgan fingerprint density at radius 2 is 1.82 bits per heavy atom. The van der Waals surface area contributed by atoms with Gasteiger partial charge < -0.3 is 20.8 Å². The average molecular weight is 444 g/mol. The lowest BCUT2D eigenvalue weighted by atomic mass is 10.0. The Morgan fingerprint density at radius 3 is 2.45 bits per heavy atom. The summed E-state index contributed by atoms with van der Waals surface area (Å²) in [6, 6.07) is 13.1. The topological polar surface area (TPSA) is 129 Å². The monoisotopic (exact) mass is 444 g/mol. The molecule has 2 heterocycles. The van der Waals surface area contributed by atoms with Gasteiger partial charge in [0.2, 0.25) is 0 Å². The maximum absolute atomic E-state index is 13.6. The van der Waals surface area contributed by atoms with E-state index in [0.29, 0.717) is 39.3 Å². The molecule has 0 bridgehead atoms. The minimum atomic E-state index is -0.710. The highest BCUT2D eigenvalue weighted by Gasteiger charge is 2.25. The fourth-order valence-electron chi connectivity index (χ4n) is 3.80. The van der Waals surface area contributed by atoms with E-state index in [1.165, 1.54) is 18.3 Å². The molecule has 168 valence electrons. The summed E-state index contributed by atoms with van der Waals surface area (Å²) >= 11 is 0. The van der Waals surface area contributed by atoms with E-state index >= 15 is 0 Å². The van der Waals surface area contributed by atoms with Gasteiger partial charge in [-0.1, -0.05) is 18.2 Å². The largest absolute Gasteiger partial charge is 0.495 e. The van der Waals surface area contributed by atoms with Crippen LogP contribution in [0.3, 0.4) is 0 Å². The number of carbonyl (C=O) groups is 2. The molecule has 0 saturated heterocycles. The van der Waals surface area contributed by atoms with E-state index in [-0.39, 0.29) is 17.6 Å². The third-order valence-electron chi connectivity index (χ3n) is 5.36. The second-order valence-electron chi connectivity index (χ2n) is 7.73. The van der Waals surface area contributed by atoms with Gasteiger partial charge in [-0.2, -0.15) is 0 Å². The molecule has 0 spiro atoms. The first kappa shape index (κ1) is 21.8. The van der Waals surface area contributed by atoms with Crippen LogP contribution in [0.5, 0.6) is 5.75 Å². The first-order valence-electron chi connectivity index (χ1n) is 10.3. The Bertz CT molecular complexity index is 1350. The van der Waals surface area contributed by atoms with Crippen LogP contribution >= 0.6 is 0 Å². The van der Waals surface area contributed by atoms with Crippen LogP contribution in [0.1, 0.15) is 35.8 Å². The van der Waals surface area contributed by atoms with Gasteiger partial charge >= 0.3 is 6.03 Å². The van der Waals surface area contributed by atoms with Crippen molar-refractivity contribution in [1.82, 2.24) is 14.5 Å². The summed E-state index contributed by atoms with van der Waals surface area (Å²) in [5.74, 6) is 0.323. The van der Waals surface area contributed by atoms with E-state index in [1.807, 2.05) is 24.5 Å². The summed E-state index contributed by atoms with van der Waals surface area (Å²) in [6.07, 6.45) is 3.11. The number of amides is 2. The lowest BCUT2D eigenvalue weighted by Gasteiger charge is -2.23. The van der Waals surface area contributed by atoms with Crippen molar-refractivity contribution in [2.24, 2.45) is 5.73 Å². The third-order valence-corrected chi connectivity index (χ3v) is 5.36. The minimum absolute atomic E-state index is 0.0539. The summed E-state index contributed by atoms with van der Waals surface area (Å²) in [4.78, 5) is 35.7. The maximum Gasteiger partial charge on any atom is 0.324 e. The summed E-state index contributed by atoms with van der Waals surface area (Å²) in [7, 11) is 1.48. The lowest BCUT2D eigenvalue weighted by Crippen LogP contribution is -2.31. The third kappa shape index (κ3) is 3.84. The molecule has 4 N–H and O–H groups in total. The minimum Gasteiger partial charge on any atom is -0.495 e. The van der Waals surface area contributed by atoms with Gasteiger partial charge in [0.25, 0.3) is 0 Å². The molecule has 2 aromatic heterocycles. The number of para-hydroxylation sites is 1. The molecule has 9 nitrogen and oxygen atoms in total. The van der Waals surface area contributed by atoms with Gasteiger partial charge in [0.05, 0.1) is 29.4 Å². The van der Waals surface area contributed by atoms with Gasteiger partial charge in [-0.25, -0.2) is 14.8 Å². The van der Waals surface area contributed by atoms with E-state index in [4.69, 9.17) is 16.2 Å². The molecule has 4 aromatic rings. The van der Waals surface area contributed by atoms with E-state index in [2.05, 4.69) is 9.97 Å². The van der Waals surface area contributed by atoms with Gasteiger partial charge in [-0.15, -0.1) is 0 Å². The zero-order chi connectivity index (χ0) is 23.7. The molecule has 0 unspecified atom stereocenters. The number of methoxy groups -OCH3 is 1. The number of nitrogens with zero attached hydrogens (tertiary/aromatic N) is 4. The Kier molecular flexibility index (Phi) is 5.70. The van der Waals surface area contributed by atoms with Crippen molar-refractivity contribution in [2.45, 2.75) is 19.9 Å². The van der Waals surface area contributed by atoms with Crippen LogP contribution in [-0.4, -0.2) is 33.5 Å². The van der Waals surface area contributed by atoms with Gasteiger partial charge in [-0.05, 0) is 44.2 Å². The predicted octanol–water partition coefficient (Wildman–Crippen LogP) is 4.05. The van der Waals surface area contributed by atoms with Gasteiger partial charge in [0, 0.05) is 17.8 Å². The number of nitrogen functional groups attached to an aromatic ring is 1. The summed E-state index contributed by atoms with van der Waals surface area (Å²) in [5, 5.41) is 0.489. The van der Waals surface area contributed by atoms with Crippen LogP contribution in [-0.2, 0) is 0 Å². The number of ether oxygens (including phenoxy) is 1. The van der Waals surface area contributed by atoms with Crippen molar-refractivity contribution in [2.75, 3.05) is 17.7 Å². The number of hydrogen-bond acceptors (Lipinski definition) is 6. The number of ketones is 1. The molecule has 0 radical (unpaired) electrons. The number of benzene rings is 2.